The molecule has 1 aliphatic rings. The highest BCUT2D eigenvalue weighted by Gasteiger charge is 2.24. The van der Waals surface area contributed by atoms with Crippen molar-refractivity contribution in [1.29, 1.82) is 0 Å². The summed E-state index contributed by atoms with van der Waals surface area (Å²) in [6, 6.07) is 7.09. The number of nitrogen functional groups attached to an aromatic ring is 1. The van der Waals surface area contributed by atoms with Gasteiger partial charge in [-0.2, -0.15) is 0 Å². The van der Waals surface area contributed by atoms with E-state index < -0.39 is 0 Å². The van der Waals surface area contributed by atoms with Crippen molar-refractivity contribution in [3.8, 4) is 5.75 Å². The van der Waals surface area contributed by atoms with Crippen molar-refractivity contribution in [2.45, 2.75) is 26.4 Å². The van der Waals surface area contributed by atoms with Gasteiger partial charge in [-0.3, -0.25) is 4.79 Å². The van der Waals surface area contributed by atoms with Gasteiger partial charge in [0, 0.05) is 25.8 Å². The smallest absolute Gasteiger partial charge is 0.270 e. The predicted molar refractivity (Wildman–Crippen MR) is 81.1 cm³/mol. The third kappa shape index (κ3) is 2.46. The Morgan fingerprint density at radius 3 is 2.90 bits per heavy atom. The number of carbonyl (C=O) groups is 1. The molecular formula is C16H19N3O2. The van der Waals surface area contributed by atoms with Crippen LogP contribution in [0.5, 0.6) is 5.75 Å². The normalized spacial score (nSPS) is 14.0. The van der Waals surface area contributed by atoms with Gasteiger partial charge in [-0.25, -0.2) is 0 Å². The SMILES string of the molecule is CCn1cc(N)cc1C(=O)N1CCc2ccc(O)cc2C1. The number of aromatic hydroxyl groups is 1. The average Bonchev–Trinajstić information content (AvgIpc) is 2.86. The monoisotopic (exact) mass is 285 g/mol. The quantitative estimate of drug-likeness (QED) is 0.886. The third-order valence-electron chi connectivity index (χ3n) is 3.97. The summed E-state index contributed by atoms with van der Waals surface area (Å²) < 4.78 is 1.87. The van der Waals surface area contributed by atoms with Gasteiger partial charge in [-0.05, 0) is 42.7 Å². The number of aryl methyl sites for hydroxylation is 1. The Morgan fingerprint density at radius 2 is 2.14 bits per heavy atom. The number of hydrogen-bond acceptors (Lipinski definition) is 3. The Hall–Kier alpha value is -2.43. The first-order valence-corrected chi connectivity index (χ1v) is 7.14. The number of nitrogens with two attached hydrogens (primary N) is 1. The van der Waals surface area contributed by atoms with Crippen molar-refractivity contribution in [2.75, 3.05) is 12.3 Å². The van der Waals surface area contributed by atoms with Crippen molar-refractivity contribution < 1.29 is 9.90 Å². The fourth-order valence-electron chi connectivity index (χ4n) is 2.85. The molecule has 3 N–H and O–H groups in total. The van der Waals surface area contributed by atoms with Crippen LogP contribution in [0.3, 0.4) is 0 Å². The predicted octanol–water partition coefficient (Wildman–Crippen LogP) is 1.99. The molecule has 0 saturated carbocycles. The Balaban J connectivity index is 1.86. The van der Waals surface area contributed by atoms with Crippen molar-refractivity contribution in [1.82, 2.24) is 9.47 Å². The summed E-state index contributed by atoms with van der Waals surface area (Å²) in [5.74, 6) is 0.228. The Kier molecular flexibility index (Phi) is 3.33. The highest BCUT2D eigenvalue weighted by molar-refractivity contribution is 5.94. The molecule has 1 aromatic heterocycles. The van der Waals surface area contributed by atoms with Crippen molar-refractivity contribution in [3.63, 3.8) is 0 Å². The van der Waals surface area contributed by atoms with Gasteiger partial charge in [0.25, 0.3) is 5.91 Å². The lowest BCUT2D eigenvalue weighted by atomic mass is 9.99. The molecule has 2 aromatic rings. The summed E-state index contributed by atoms with van der Waals surface area (Å²) in [7, 11) is 0. The maximum atomic E-state index is 12.7. The summed E-state index contributed by atoms with van der Waals surface area (Å²) in [6.45, 7) is 3.91. The highest BCUT2D eigenvalue weighted by atomic mass is 16.3. The second-order valence-electron chi connectivity index (χ2n) is 5.37. The van der Waals surface area contributed by atoms with E-state index in [9.17, 15) is 9.90 Å². The van der Waals surface area contributed by atoms with E-state index in [1.165, 1.54) is 5.56 Å². The lowest BCUT2D eigenvalue weighted by molar-refractivity contribution is 0.0723. The number of phenolic OH excluding ortho intramolecular Hbond substituents is 1. The second kappa shape index (κ2) is 5.16. The number of carbonyl (C=O) groups excluding carboxylic acids is 1. The van der Waals surface area contributed by atoms with Crippen LogP contribution in [0, 0.1) is 0 Å². The third-order valence-corrected chi connectivity index (χ3v) is 3.97. The van der Waals surface area contributed by atoms with E-state index in [0.717, 1.165) is 12.0 Å². The molecule has 0 aliphatic carbocycles. The molecule has 1 aromatic carbocycles. The van der Waals surface area contributed by atoms with E-state index in [4.69, 9.17) is 5.73 Å². The van der Waals surface area contributed by atoms with Crippen LogP contribution >= 0.6 is 0 Å². The van der Waals surface area contributed by atoms with Crippen LogP contribution in [0.15, 0.2) is 30.5 Å². The molecule has 5 heteroatoms. The van der Waals surface area contributed by atoms with Crippen LogP contribution in [-0.4, -0.2) is 27.0 Å². The first-order chi connectivity index (χ1) is 10.1. The van der Waals surface area contributed by atoms with Gasteiger partial charge in [0.15, 0.2) is 0 Å². The molecule has 0 spiro atoms. The molecule has 1 aliphatic heterocycles. The standard InChI is InChI=1S/C16H19N3O2/c1-2-18-10-13(17)8-15(18)16(21)19-6-5-11-3-4-14(20)7-12(11)9-19/h3-4,7-8,10,20H,2,5-6,9,17H2,1H3. The average molecular weight is 285 g/mol. The fraction of sp³-hybridized carbons (Fsp3) is 0.312. The van der Waals surface area contributed by atoms with Gasteiger partial charge >= 0.3 is 0 Å². The lowest BCUT2D eigenvalue weighted by Gasteiger charge is -2.29. The van der Waals surface area contributed by atoms with Crippen molar-refractivity contribution >= 4 is 11.6 Å². The summed E-state index contributed by atoms with van der Waals surface area (Å²) in [4.78, 5) is 14.5. The second-order valence-corrected chi connectivity index (χ2v) is 5.37. The molecule has 0 saturated heterocycles. The number of anilines is 1. The number of nitrogens with zero attached hydrogens (tertiary/aromatic N) is 2. The number of benzene rings is 1. The van der Waals surface area contributed by atoms with Crippen LogP contribution in [0.25, 0.3) is 0 Å². The summed E-state index contributed by atoms with van der Waals surface area (Å²) in [5.41, 5.74) is 9.23. The molecule has 21 heavy (non-hydrogen) atoms. The van der Waals surface area contributed by atoms with Gasteiger partial charge in [-0.15, -0.1) is 0 Å². The van der Waals surface area contributed by atoms with Gasteiger partial charge in [0.1, 0.15) is 11.4 Å². The maximum absolute atomic E-state index is 12.7. The Labute approximate surface area is 123 Å². The van der Waals surface area contributed by atoms with Crippen LogP contribution < -0.4 is 5.73 Å². The van der Waals surface area contributed by atoms with Crippen LogP contribution in [0.4, 0.5) is 5.69 Å². The number of fused-ring (bicyclic) bond motifs is 1. The Bertz CT molecular complexity index is 691. The van der Waals surface area contributed by atoms with Crippen LogP contribution in [-0.2, 0) is 19.5 Å². The van der Waals surface area contributed by atoms with E-state index >= 15 is 0 Å². The van der Waals surface area contributed by atoms with E-state index in [1.54, 1.807) is 24.4 Å². The van der Waals surface area contributed by atoms with Gasteiger partial charge < -0.3 is 20.3 Å². The van der Waals surface area contributed by atoms with Crippen molar-refractivity contribution in [2.24, 2.45) is 0 Å². The highest BCUT2D eigenvalue weighted by Crippen LogP contribution is 2.24. The summed E-state index contributed by atoms with van der Waals surface area (Å²) in [6.07, 6.45) is 2.60. The number of aromatic nitrogens is 1. The lowest BCUT2D eigenvalue weighted by Crippen LogP contribution is -2.36. The van der Waals surface area contributed by atoms with Gasteiger partial charge in [0.05, 0.1) is 5.69 Å². The molecular weight excluding hydrogens is 266 g/mol. The minimum absolute atomic E-state index is 0.0115. The summed E-state index contributed by atoms with van der Waals surface area (Å²) >= 11 is 0. The van der Waals surface area contributed by atoms with E-state index in [1.807, 2.05) is 22.5 Å². The first kappa shape index (κ1) is 13.5. The fourth-order valence-corrected chi connectivity index (χ4v) is 2.85. The van der Waals surface area contributed by atoms with Crippen LogP contribution in [0.2, 0.25) is 0 Å². The van der Waals surface area contributed by atoms with E-state index in [2.05, 4.69) is 0 Å². The zero-order valence-electron chi connectivity index (χ0n) is 12.0. The van der Waals surface area contributed by atoms with Crippen LogP contribution in [0.1, 0.15) is 28.5 Å². The topological polar surface area (TPSA) is 71.5 Å². The van der Waals surface area contributed by atoms with E-state index in [-0.39, 0.29) is 11.7 Å². The first-order valence-electron chi connectivity index (χ1n) is 7.14. The summed E-state index contributed by atoms with van der Waals surface area (Å²) in [5, 5.41) is 9.59. The molecule has 0 atom stereocenters. The molecule has 0 unspecified atom stereocenters. The number of rotatable bonds is 2. The molecule has 1 amide bonds. The molecule has 3 rings (SSSR count). The number of amides is 1. The molecule has 110 valence electrons. The van der Waals surface area contributed by atoms with E-state index in [0.29, 0.717) is 31.0 Å². The maximum Gasteiger partial charge on any atom is 0.270 e. The van der Waals surface area contributed by atoms with Gasteiger partial charge in [0.2, 0.25) is 0 Å². The Morgan fingerprint density at radius 1 is 1.33 bits per heavy atom. The minimum Gasteiger partial charge on any atom is -0.508 e. The zero-order valence-corrected chi connectivity index (χ0v) is 12.0. The molecule has 0 fully saturated rings. The molecule has 5 nitrogen and oxygen atoms in total. The zero-order chi connectivity index (χ0) is 15.0. The number of hydrogen-bond donors (Lipinski definition) is 2. The minimum atomic E-state index is -0.0115. The molecule has 0 bridgehead atoms. The van der Waals surface area contributed by atoms with Crippen molar-refractivity contribution in [3.05, 3.63) is 47.3 Å². The molecule has 0 radical (unpaired) electrons. The number of phenols is 1. The van der Waals surface area contributed by atoms with Gasteiger partial charge in [-0.1, -0.05) is 6.07 Å². The molecule has 2 heterocycles. The largest absolute Gasteiger partial charge is 0.508 e.